The minimum absolute atomic E-state index is 0.518. The van der Waals surface area contributed by atoms with Crippen LogP contribution in [0, 0.1) is 16.7 Å². The zero-order valence-electron chi connectivity index (χ0n) is 14.4. The standard InChI is InChI=1S/C18H34N2/c1-14(2)7-10-20-11-8-15(9-12-20)19-13-16-17(3,4)18(16,5)6/h7,15-16,19H,8-13H2,1-6H3. The number of piperidine rings is 1. The Kier molecular flexibility index (Phi) is 4.66. The lowest BCUT2D eigenvalue weighted by Crippen LogP contribution is -2.43. The summed E-state index contributed by atoms with van der Waals surface area (Å²) in [6.07, 6.45) is 4.97. The molecule has 2 aliphatic rings. The zero-order valence-corrected chi connectivity index (χ0v) is 14.4. The Balaban J connectivity index is 1.67. The van der Waals surface area contributed by atoms with Crippen molar-refractivity contribution in [1.82, 2.24) is 10.2 Å². The van der Waals surface area contributed by atoms with Crippen LogP contribution in [0.15, 0.2) is 11.6 Å². The second-order valence-corrected chi connectivity index (χ2v) is 8.26. The van der Waals surface area contributed by atoms with Gasteiger partial charge in [-0.15, -0.1) is 0 Å². The maximum absolute atomic E-state index is 3.84. The highest BCUT2D eigenvalue weighted by atomic mass is 15.1. The number of hydrogen-bond acceptors (Lipinski definition) is 2. The van der Waals surface area contributed by atoms with Gasteiger partial charge in [0, 0.05) is 12.6 Å². The van der Waals surface area contributed by atoms with Gasteiger partial charge in [0.05, 0.1) is 0 Å². The average Bonchev–Trinajstić information content (AvgIpc) is 2.76. The summed E-state index contributed by atoms with van der Waals surface area (Å²) in [6.45, 7) is 18.9. The van der Waals surface area contributed by atoms with Gasteiger partial charge >= 0.3 is 0 Å². The van der Waals surface area contributed by atoms with E-state index in [2.05, 4.69) is 57.8 Å². The van der Waals surface area contributed by atoms with Crippen LogP contribution < -0.4 is 5.32 Å². The second-order valence-electron chi connectivity index (χ2n) is 8.26. The first-order valence-corrected chi connectivity index (χ1v) is 8.34. The van der Waals surface area contributed by atoms with Gasteiger partial charge in [0.1, 0.15) is 0 Å². The van der Waals surface area contributed by atoms with Crippen molar-refractivity contribution in [2.75, 3.05) is 26.2 Å². The molecule has 0 unspecified atom stereocenters. The summed E-state index contributed by atoms with van der Waals surface area (Å²) >= 11 is 0. The number of allylic oxidation sites excluding steroid dienone is 1. The third-order valence-electron chi connectivity index (χ3n) is 6.28. The summed E-state index contributed by atoms with van der Waals surface area (Å²) < 4.78 is 0. The van der Waals surface area contributed by atoms with E-state index in [0.717, 1.165) is 18.5 Å². The van der Waals surface area contributed by atoms with Crippen LogP contribution in [-0.2, 0) is 0 Å². The van der Waals surface area contributed by atoms with Gasteiger partial charge in [0.2, 0.25) is 0 Å². The van der Waals surface area contributed by atoms with Gasteiger partial charge in [-0.2, -0.15) is 0 Å². The van der Waals surface area contributed by atoms with Crippen LogP contribution in [0.4, 0.5) is 0 Å². The lowest BCUT2D eigenvalue weighted by atomic mass is 10.0. The molecule has 0 radical (unpaired) electrons. The molecule has 1 aliphatic heterocycles. The summed E-state index contributed by atoms with van der Waals surface area (Å²) in [7, 11) is 0. The van der Waals surface area contributed by atoms with Crippen molar-refractivity contribution in [2.45, 2.75) is 60.4 Å². The summed E-state index contributed by atoms with van der Waals surface area (Å²) in [5, 5.41) is 3.84. The smallest absolute Gasteiger partial charge is 0.0165 e. The van der Waals surface area contributed by atoms with E-state index < -0.39 is 0 Å². The topological polar surface area (TPSA) is 15.3 Å². The van der Waals surface area contributed by atoms with Crippen LogP contribution in [0.1, 0.15) is 54.4 Å². The first kappa shape index (κ1) is 16.0. The van der Waals surface area contributed by atoms with Gasteiger partial charge in [-0.1, -0.05) is 39.3 Å². The van der Waals surface area contributed by atoms with Crippen LogP contribution in [-0.4, -0.2) is 37.1 Å². The van der Waals surface area contributed by atoms with E-state index in [-0.39, 0.29) is 0 Å². The van der Waals surface area contributed by atoms with E-state index in [1.807, 2.05) is 0 Å². The van der Waals surface area contributed by atoms with Crippen LogP contribution >= 0.6 is 0 Å². The van der Waals surface area contributed by atoms with Gasteiger partial charge in [0.25, 0.3) is 0 Å². The van der Waals surface area contributed by atoms with E-state index >= 15 is 0 Å². The third-order valence-corrected chi connectivity index (χ3v) is 6.28. The molecule has 0 bridgehead atoms. The molecule has 0 atom stereocenters. The molecule has 0 aromatic carbocycles. The molecule has 0 amide bonds. The molecular formula is C18H34N2. The number of likely N-dealkylation sites (tertiary alicyclic amines) is 1. The van der Waals surface area contributed by atoms with Crippen LogP contribution in [0.25, 0.3) is 0 Å². The zero-order chi connectivity index (χ0) is 15.0. The predicted molar refractivity (Wildman–Crippen MR) is 87.9 cm³/mol. The van der Waals surface area contributed by atoms with Crippen LogP contribution in [0.3, 0.4) is 0 Å². The van der Waals surface area contributed by atoms with Crippen LogP contribution in [0.2, 0.25) is 0 Å². The maximum Gasteiger partial charge on any atom is 0.0165 e. The normalized spacial score (nSPS) is 26.5. The molecule has 1 saturated heterocycles. The van der Waals surface area contributed by atoms with E-state index in [9.17, 15) is 0 Å². The third kappa shape index (κ3) is 3.28. The number of nitrogens with zero attached hydrogens (tertiary/aromatic N) is 1. The molecule has 2 nitrogen and oxygen atoms in total. The Morgan fingerprint density at radius 1 is 1.10 bits per heavy atom. The Morgan fingerprint density at radius 3 is 2.10 bits per heavy atom. The summed E-state index contributed by atoms with van der Waals surface area (Å²) in [4.78, 5) is 2.58. The van der Waals surface area contributed by atoms with E-state index in [1.54, 1.807) is 0 Å². The first-order chi connectivity index (χ1) is 9.25. The average molecular weight is 278 g/mol. The predicted octanol–water partition coefficient (Wildman–Crippen LogP) is 3.69. The number of nitrogens with one attached hydrogen (secondary N) is 1. The van der Waals surface area contributed by atoms with Crippen molar-refractivity contribution in [1.29, 1.82) is 0 Å². The highest BCUT2D eigenvalue weighted by Gasteiger charge is 2.63. The van der Waals surface area contributed by atoms with Gasteiger partial charge in [0.15, 0.2) is 0 Å². The lowest BCUT2D eigenvalue weighted by molar-refractivity contribution is 0.212. The maximum atomic E-state index is 3.84. The molecule has 116 valence electrons. The fraction of sp³-hybridized carbons (Fsp3) is 0.889. The molecule has 1 heterocycles. The summed E-state index contributed by atoms with van der Waals surface area (Å²) in [6, 6.07) is 0.741. The van der Waals surface area contributed by atoms with Crippen molar-refractivity contribution in [3.05, 3.63) is 11.6 Å². The molecule has 0 spiro atoms. The Labute approximate surface area is 126 Å². The Morgan fingerprint density at radius 2 is 1.65 bits per heavy atom. The molecule has 0 aromatic rings. The fourth-order valence-electron chi connectivity index (χ4n) is 3.76. The molecular weight excluding hydrogens is 244 g/mol. The van der Waals surface area contributed by atoms with Crippen LogP contribution in [0.5, 0.6) is 0 Å². The van der Waals surface area contributed by atoms with Gasteiger partial charge in [-0.25, -0.2) is 0 Å². The number of hydrogen-bond donors (Lipinski definition) is 1. The van der Waals surface area contributed by atoms with E-state index in [0.29, 0.717) is 10.8 Å². The van der Waals surface area contributed by atoms with Crippen molar-refractivity contribution in [3.8, 4) is 0 Å². The largest absolute Gasteiger partial charge is 0.314 e. The molecule has 20 heavy (non-hydrogen) atoms. The fourth-order valence-corrected chi connectivity index (χ4v) is 3.76. The van der Waals surface area contributed by atoms with Crippen molar-refractivity contribution in [2.24, 2.45) is 16.7 Å². The first-order valence-electron chi connectivity index (χ1n) is 8.34. The minimum atomic E-state index is 0.518. The Hall–Kier alpha value is -0.340. The van der Waals surface area contributed by atoms with E-state index in [4.69, 9.17) is 0 Å². The lowest BCUT2D eigenvalue weighted by Gasteiger charge is -2.32. The summed E-state index contributed by atoms with van der Waals surface area (Å²) in [5.74, 6) is 0.846. The van der Waals surface area contributed by atoms with Gasteiger partial charge in [-0.05, 0) is 63.1 Å². The van der Waals surface area contributed by atoms with Crippen molar-refractivity contribution >= 4 is 0 Å². The second kappa shape index (κ2) is 5.81. The molecule has 0 aromatic heterocycles. The summed E-state index contributed by atoms with van der Waals surface area (Å²) in [5.41, 5.74) is 2.47. The van der Waals surface area contributed by atoms with E-state index in [1.165, 1.54) is 38.0 Å². The molecule has 1 saturated carbocycles. The quantitative estimate of drug-likeness (QED) is 0.772. The van der Waals surface area contributed by atoms with Crippen molar-refractivity contribution < 1.29 is 0 Å². The number of rotatable bonds is 5. The molecule has 2 heteroatoms. The molecule has 1 N–H and O–H groups in total. The minimum Gasteiger partial charge on any atom is -0.314 e. The SMILES string of the molecule is CC(C)=CCN1CCC(NCC2C(C)(C)C2(C)C)CC1. The molecule has 2 rings (SSSR count). The highest BCUT2D eigenvalue weighted by Crippen LogP contribution is 2.67. The monoisotopic (exact) mass is 278 g/mol. The molecule has 1 aliphatic carbocycles. The molecule has 2 fully saturated rings. The highest BCUT2D eigenvalue weighted by molar-refractivity contribution is 5.13. The van der Waals surface area contributed by atoms with Crippen molar-refractivity contribution in [3.63, 3.8) is 0 Å². The van der Waals surface area contributed by atoms with Gasteiger partial charge < -0.3 is 5.32 Å². The Bertz CT molecular complexity index is 342. The van der Waals surface area contributed by atoms with Gasteiger partial charge in [-0.3, -0.25) is 4.90 Å².